The monoisotopic (exact) mass is 434 g/mol. The highest BCUT2D eigenvalue weighted by Gasteiger charge is 2.28. The van der Waals surface area contributed by atoms with Crippen LogP contribution in [0.15, 0.2) is 35.0 Å². The van der Waals surface area contributed by atoms with Crippen molar-refractivity contribution in [1.82, 2.24) is 20.4 Å². The number of hydrogen-bond donors (Lipinski definition) is 2. The Labute approximate surface area is 180 Å². The number of nitrogens with zero attached hydrogens (tertiary/aromatic N) is 2. The fourth-order valence-corrected chi connectivity index (χ4v) is 4.90. The van der Waals surface area contributed by atoms with Gasteiger partial charge in [0.05, 0.1) is 26.2 Å². The Balaban J connectivity index is 1.43. The van der Waals surface area contributed by atoms with Gasteiger partial charge in [-0.2, -0.15) is 0 Å². The Hall–Kier alpha value is -1.74. The molecule has 2 aromatic heterocycles. The van der Waals surface area contributed by atoms with Crippen LogP contribution in [0.5, 0.6) is 0 Å². The lowest BCUT2D eigenvalue weighted by atomic mass is 10.1. The molecule has 2 aromatic rings. The fraction of sp³-hybridized carbons (Fsp3) is 0.524. The SMILES string of the molecule is CCC[C@H]1CN(CC(=O)NCc2cccs2)CCN1CC(=O)NCc1cccs1. The first kappa shape index (κ1) is 22.0. The van der Waals surface area contributed by atoms with E-state index in [4.69, 9.17) is 0 Å². The second-order valence-electron chi connectivity index (χ2n) is 7.36. The fourth-order valence-electron chi connectivity index (χ4n) is 3.61. The molecule has 0 saturated carbocycles. The summed E-state index contributed by atoms with van der Waals surface area (Å²) in [6.07, 6.45) is 2.10. The molecule has 1 aliphatic heterocycles. The molecule has 2 N–H and O–H groups in total. The molecule has 1 fully saturated rings. The Morgan fingerprint density at radius 3 is 2.17 bits per heavy atom. The summed E-state index contributed by atoms with van der Waals surface area (Å²) in [4.78, 5) is 31.5. The van der Waals surface area contributed by atoms with Gasteiger partial charge in [-0.1, -0.05) is 25.5 Å². The van der Waals surface area contributed by atoms with Crippen molar-refractivity contribution in [3.05, 3.63) is 44.8 Å². The van der Waals surface area contributed by atoms with Crippen LogP contribution in [0.25, 0.3) is 0 Å². The van der Waals surface area contributed by atoms with E-state index < -0.39 is 0 Å². The quantitative estimate of drug-likeness (QED) is 0.603. The molecule has 0 aromatic carbocycles. The molecule has 158 valence electrons. The van der Waals surface area contributed by atoms with Crippen LogP contribution in [0.4, 0.5) is 0 Å². The predicted octanol–water partition coefficient (Wildman–Crippen LogP) is 2.53. The minimum atomic E-state index is 0.0655. The zero-order valence-electron chi connectivity index (χ0n) is 16.9. The van der Waals surface area contributed by atoms with Gasteiger partial charge in [0.1, 0.15) is 0 Å². The van der Waals surface area contributed by atoms with E-state index in [-0.39, 0.29) is 11.8 Å². The molecule has 0 unspecified atom stereocenters. The first-order chi connectivity index (χ1) is 14.1. The zero-order valence-corrected chi connectivity index (χ0v) is 18.6. The van der Waals surface area contributed by atoms with Crippen LogP contribution in [0, 0.1) is 0 Å². The van der Waals surface area contributed by atoms with Crippen molar-refractivity contribution in [2.24, 2.45) is 0 Å². The van der Waals surface area contributed by atoms with E-state index in [0.29, 0.717) is 32.2 Å². The third-order valence-corrected chi connectivity index (χ3v) is 6.86. The van der Waals surface area contributed by atoms with E-state index in [0.717, 1.165) is 32.5 Å². The van der Waals surface area contributed by atoms with Crippen LogP contribution in [0.2, 0.25) is 0 Å². The lowest BCUT2D eigenvalue weighted by Gasteiger charge is -2.41. The Morgan fingerprint density at radius 2 is 1.62 bits per heavy atom. The van der Waals surface area contributed by atoms with Crippen molar-refractivity contribution < 1.29 is 9.59 Å². The van der Waals surface area contributed by atoms with Crippen molar-refractivity contribution in [2.45, 2.75) is 38.9 Å². The summed E-state index contributed by atoms with van der Waals surface area (Å²) in [5, 5.41) is 10.1. The van der Waals surface area contributed by atoms with Gasteiger partial charge in [0.15, 0.2) is 0 Å². The van der Waals surface area contributed by atoms with E-state index in [1.165, 1.54) is 9.75 Å². The molecule has 1 atom stereocenters. The summed E-state index contributed by atoms with van der Waals surface area (Å²) in [7, 11) is 0. The summed E-state index contributed by atoms with van der Waals surface area (Å²) in [5.74, 6) is 0.137. The van der Waals surface area contributed by atoms with Crippen LogP contribution in [-0.4, -0.2) is 60.4 Å². The molecule has 1 aliphatic rings. The van der Waals surface area contributed by atoms with Crippen LogP contribution in [-0.2, 0) is 22.7 Å². The number of piperazine rings is 1. The maximum atomic E-state index is 12.4. The largest absolute Gasteiger partial charge is 0.350 e. The van der Waals surface area contributed by atoms with Gasteiger partial charge >= 0.3 is 0 Å². The Kier molecular flexibility index (Phi) is 8.67. The molecule has 0 aliphatic carbocycles. The van der Waals surface area contributed by atoms with Gasteiger partial charge in [-0.05, 0) is 29.3 Å². The van der Waals surface area contributed by atoms with E-state index in [9.17, 15) is 9.59 Å². The standard InChI is InChI=1S/C21H30N4O2S2/c1-2-5-17-14-24(15-20(26)22-12-18-6-3-10-28-18)8-9-25(17)16-21(27)23-13-19-7-4-11-29-19/h3-4,6-7,10-11,17H,2,5,8-9,12-16H2,1H3,(H,22,26)(H,23,27)/t17-/m0/s1. The smallest absolute Gasteiger partial charge is 0.234 e. The summed E-state index contributed by atoms with van der Waals surface area (Å²) in [6, 6.07) is 8.38. The van der Waals surface area contributed by atoms with Gasteiger partial charge in [-0.15, -0.1) is 22.7 Å². The topological polar surface area (TPSA) is 64.7 Å². The van der Waals surface area contributed by atoms with Crippen LogP contribution in [0.1, 0.15) is 29.5 Å². The molecule has 0 bridgehead atoms. The number of thiophene rings is 2. The van der Waals surface area contributed by atoms with E-state index in [2.05, 4.69) is 27.4 Å². The molecular formula is C21H30N4O2S2. The highest BCUT2D eigenvalue weighted by atomic mass is 32.1. The highest BCUT2D eigenvalue weighted by molar-refractivity contribution is 7.10. The lowest BCUT2D eigenvalue weighted by molar-refractivity contribution is -0.126. The van der Waals surface area contributed by atoms with Crippen molar-refractivity contribution in [2.75, 3.05) is 32.7 Å². The van der Waals surface area contributed by atoms with Gasteiger partial charge in [0.25, 0.3) is 0 Å². The second-order valence-corrected chi connectivity index (χ2v) is 9.42. The third-order valence-electron chi connectivity index (χ3n) is 5.10. The van der Waals surface area contributed by atoms with Crippen LogP contribution >= 0.6 is 22.7 Å². The van der Waals surface area contributed by atoms with E-state index in [1.807, 2.05) is 35.0 Å². The molecule has 1 saturated heterocycles. The maximum absolute atomic E-state index is 12.4. The average Bonchev–Trinajstić information content (AvgIpc) is 3.41. The number of carbonyl (C=O) groups excluding carboxylic acids is 2. The molecule has 29 heavy (non-hydrogen) atoms. The second kappa shape index (κ2) is 11.4. The number of rotatable bonds is 10. The number of amides is 2. The number of hydrogen-bond acceptors (Lipinski definition) is 6. The highest BCUT2D eigenvalue weighted by Crippen LogP contribution is 2.15. The minimum Gasteiger partial charge on any atom is -0.350 e. The Morgan fingerprint density at radius 1 is 1.00 bits per heavy atom. The molecule has 3 heterocycles. The third kappa shape index (κ3) is 7.22. The predicted molar refractivity (Wildman–Crippen MR) is 119 cm³/mol. The van der Waals surface area contributed by atoms with Gasteiger partial charge in [0, 0.05) is 35.4 Å². The molecule has 2 amide bonds. The summed E-state index contributed by atoms with van der Waals surface area (Å²) >= 11 is 3.31. The van der Waals surface area contributed by atoms with Gasteiger partial charge < -0.3 is 10.6 Å². The zero-order chi connectivity index (χ0) is 20.5. The summed E-state index contributed by atoms with van der Waals surface area (Å²) < 4.78 is 0. The number of nitrogens with one attached hydrogen (secondary N) is 2. The number of carbonyl (C=O) groups is 2. The molecule has 0 spiro atoms. The van der Waals surface area contributed by atoms with Gasteiger partial charge in [-0.25, -0.2) is 0 Å². The molecular weight excluding hydrogens is 404 g/mol. The molecule has 0 radical (unpaired) electrons. The molecule has 8 heteroatoms. The normalized spacial score (nSPS) is 17.9. The van der Waals surface area contributed by atoms with Crippen LogP contribution in [0.3, 0.4) is 0 Å². The summed E-state index contributed by atoms with van der Waals surface area (Å²) in [6.45, 7) is 6.66. The maximum Gasteiger partial charge on any atom is 0.234 e. The minimum absolute atomic E-state index is 0.0655. The van der Waals surface area contributed by atoms with Crippen molar-refractivity contribution in [3.63, 3.8) is 0 Å². The Bertz CT molecular complexity index is 749. The molecule has 6 nitrogen and oxygen atoms in total. The first-order valence-electron chi connectivity index (χ1n) is 10.2. The van der Waals surface area contributed by atoms with E-state index in [1.54, 1.807) is 22.7 Å². The van der Waals surface area contributed by atoms with E-state index >= 15 is 0 Å². The lowest BCUT2D eigenvalue weighted by Crippen LogP contribution is -2.56. The van der Waals surface area contributed by atoms with Gasteiger partial charge in [-0.3, -0.25) is 19.4 Å². The van der Waals surface area contributed by atoms with Crippen molar-refractivity contribution in [1.29, 1.82) is 0 Å². The van der Waals surface area contributed by atoms with Crippen molar-refractivity contribution >= 4 is 34.5 Å². The molecule has 3 rings (SSSR count). The van der Waals surface area contributed by atoms with Gasteiger partial charge in [0.2, 0.25) is 11.8 Å². The first-order valence-corrected chi connectivity index (χ1v) is 11.9. The van der Waals surface area contributed by atoms with Crippen LogP contribution < -0.4 is 10.6 Å². The summed E-state index contributed by atoms with van der Waals surface area (Å²) in [5.41, 5.74) is 0. The van der Waals surface area contributed by atoms with Crippen molar-refractivity contribution in [3.8, 4) is 0 Å². The average molecular weight is 435 g/mol.